The van der Waals surface area contributed by atoms with Crippen LogP contribution in [0.1, 0.15) is 45.6 Å². The van der Waals surface area contributed by atoms with Gasteiger partial charge in [0.2, 0.25) is 0 Å². The second-order valence-corrected chi connectivity index (χ2v) is 3.39. The average Bonchev–Trinajstić information content (AvgIpc) is 2.20. The van der Waals surface area contributed by atoms with Crippen molar-refractivity contribution in [3.8, 4) is 0 Å². The van der Waals surface area contributed by atoms with E-state index in [1.807, 2.05) is 13.0 Å². The number of carbonyl (C=O) groups is 1. The van der Waals surface area contributed by atoms with Gasteiger partial charge in [-0.1, -0.05) is 45.2 Å². The third kappa shape index (κ3) is 15.3. The molecule has 1 nitrogen and oxygen atoms in total. The third-order valence-electron chi connectivity index (χ3n) is 1.69. The summed E-state index contributed by atoms with van der Waals surface area (Å²) in [7, 11) is 0. The maximum absolute atomic E-state index is 12.2. The second-order valence-electron chi connectivity index (χ2n) is 3.39. The van der Waals surface area contributed by atoms with E-state index in [0.717, 1.165) is 11.8 Å². The van der Waals surface area contributed by atoms with Crippen molar-refractivity contribution in [1.82, 2.24) is 0 Å². The van der Waals surface area contributed by atoms with Crippen molar-refractivity contribution < 1.29 is 9.18 Å². The number of halogens is 1. The number of carbonyl (C=O) groups excluding carboxylic acids is 1. The van der Waals surface area contributed by atoms with Crippen LogP contribution < -0.4 is 0 Å². The molecule has 0 aliphatic heterocycles. The van der Waals surface area contributed by atoms with Gasteiger partial charge in [-0.25, -0.2) is 4.39 Å². The fraction of sp³-hybridized carbons (Fsp3) is 0.500. The van der Waals surface area contributed by atoms with Crippen LogP contribution in [0.15, 0.2) is 24.3 Å². The van der Waals surface area contributed by atoms with Gasteiger partial charge in [-0.3, -0.25) is 0 Å². The van der Waals surface area contributed by atoms with Gasteiger partial charge in [0.05, 0.1) is 0 Å². The molecule has 0 heterocycles. The van der Waals surface area contributed by atoms with Crippen LogP contribution in [0.3, 0.4) is 0 Å². The fourth-order valence-corrected chi connectivity index (χ4v) is 0.959. The number of hydrogen-bond acceptors (Lipinski definition) is 1. The third-order valence-corrected chi connectivity index (χ3v) is 1.69. The Morgan fingerprint density at radius 1 is 1.25 bits per heavy atom. The van der Waals surface area contributed by atoms with E-state index in [-0.39, 0.29) is 5.82 Å². The average molecular weight is 226 g/mol. The Bertz CT molecular complexity index is 239. The van der Waals surface area contributed by atoms with Gasteiger partial charge in [-0.05, 0) is 31.5 Å². The molecule has 1 aromatic carbocycles. The molecule has 92 valence electrons. The summed E-state index contributed by atoms with van der Waals surface area (Å²) in [6, 6.07) is 6.50. The fourth-order valence-electron chi connectivity index (χ4n) is 0.959. The van der Waals surface area contributed by atoms with Crippen molar-refractivity contribution in [3.63, 3.8) is 0 Å². The molecule has 0 fully saturated rings. The van der Waals surface area contributed by atoms with E-state index in [1.165, 1.54) is 38.3 Å². The minimum absolute atomic E-state index is 0.162. The first kappa shape index (κ1) is 17.2. The lowest BCUT2D eigenvalue weighted by Crippen LogP contribution is -1.72. The topological polar surface area (TPSA) is 17.1 Å². The molecule has 0 N–H and O–H groups in total. The number of hydrogen-bond donors (Lipinski definition) is 0. The predicted molar refractivity (Wildman–Crippen MR) is 68.1 cm³/mol. The van der Waals surface area contributed by atoms with E-state index in [4.69, 9.17) is 4.79 Å². The molecule has 2 heteroatoms. The number of aryl methyl sites for hydroxylation is 1. The lowest BCUT2D eigenvalue weighted by Gasteiger charge is -1.87. The van der Waals surface area contributed by atoms with Crippen molar-refractivity contribution in [2.75, 3.05) is 0 Å². The summed E-state index contributed by atoms with van der Waals surface area (Å²) in [5, 5.41) is 0. The zero-order valence-electron chi connectivity index (χ0n) is 10.8. The smallest absolute Gasteiger partial charge is 0.123 e. The van der Waals surface area contributed by atoms with Crippen LogP contribution >= 0.6 is 0 Å². The van der Waals surface area contributed by atoms with Crippen LogP contribution in [0, 0.1) is 12.7 Å². The molecule has 0 radical (unpaired) electrons. The van der Waals surface area contributed by atoms with Gasteiger partial charge >= 0.3 is 0 Å². The largest absolute Gasteiger partial charge is 0.304 e. The molecule has 0 aliphatic carbocycles. The Morgan fingerprint density at radius 2 is 1.75 bits per heavy atom. The lowest BCUT2D eigenvalue weighted by atomic mass is 10.2. The minimum atomic E-state index is -0.162. The molecule has 0 aliphatic rings. The van der Waals surface area contributed by atoms with Crippen molar-refractivity contribution in [2.24, 2.45) is 0 Å². The molecule has 0 amide bonds. The number of rotatable bonds is 2. The van der Waals surface area contributed by atoms with Crippen molar-refractivity contribution in [2.45, 2.75) is 47.0 Å². The van der Waals surface area contributed by atoms with Crippen LogP contribution in [0.4, 0.5) is 4.39 Å². The maximum atomic E-state index is 12.2. The van der Waals surface area contributed by atoms with Crippen LogP contribution in [0.25, 0.3) is 0 Å². The highest BCUT2D eigenvalue weighted by atomic mass is 19.1. The summed E-state index contributed by atoms with van der Waals surface area (Å²) in [6.45, 7) is 7.73. The lowest BCUT2D eigenvalue weighted by molar-refractivity contribution is -0.106. The first-order chi connectivity index (χ1) is 7.62. The molecule has 0 saturated heterocycles. The SMILES string of the molecule is CC=O.CCCCC.Cc1cccc(F)c1. The van der Waals surface area contributed by atoms with Gasteiger partial charge in [-0.15, -0.1) is 0 Å². The van der Waals surface area contributed by atoms with E-state index >= 15 is 0 Å². The normalized spacial score (nSPS) is 8.06. The van der Waals surface area contributed by atoms with Crippen LogP contribution in [0.2, 0.25) is 0 Å². The van der Waals surface area contributed by atoms with Crippen LogP contribution in [0.5, 0.6) is 0 Å². The molecule has 0 unspecified atom stereocenters. The summed E-state index contributed by atoms with van der Waals surface area (Å²) < 4.78 is 12.2. The summed E-state index contributed by atoms with van der Waals surface area (Å²) in [6.07, 6.45) is 4.83. The first-order valence-electron chi connectivity index (χ1n) is 5.74. The first-order valence-corrected chi connectivity index (χ1v) is 5.74. The molecule has 1 rings (SSSR count). The van der Waals surface area contributed by atoms with Crippen LogP contribution in [-0.2, 0) is 4.79 Å². The quantitative estimate of drug-likeness (QED) is 0.677. The molecule has 0 aromatic heterocycles. The van der Waals surface area contributed by atoms with E-state index in [2.05, 4.69) is 13.8 Å². The van der Waals surface area contributed by atoms with Gasteiger partial charge in [0.15, 0.2) is 0 Å². The van der Waals surface area contributed by atoms with Crippen molar-refractivity contribution in [1.29, 1.82) is 0 Å². The second kappa shape index (κ2) is 13.8. The highest BCUT2D eigenvalue weighted by Gasteiger charge is 1.84. The minimum Gasteiger partial charge on any atom is -0.304 e. The predicted octanol–water partition coefficient (Wildman–Crippen LogP) is 4.54. The summed E-state index contributed by atoms with van der Waals surface area (Å²) >= 11 is 0. The van der Waals surface area contributed by atoms with Crippen molar-refractivity contribution in [3.05, 3.63) is 35.6 Å². The number of aldehydes is 1. The maximum Gasteiger partial charge on any atom is 0.123 e. The zero-order valence-corrected chi connectivity index (χ0v) is 10.8. The standard InChI is InChI=1S/C7H7F.C5H12.C2H4O/c1-6-3-2-4-7(8)5-6;1-3-5-4-2;1-2-3/h2-5H,1H3;3-5H2,1-2H3;2H,1H3. The Morgan fingerprint density at radius 3 is 1.94 bits per heavy atom. The Balaban J connectivity index is 0. The Kier molecular flexibility index (Phi) is 14.9. The Labute approximate surface area is 98.7 Å². The van der Waals surface area contributed by atoms with Gasteiger partial charge in [-0.2, -0.15) is 0 Å². The highest BCUT2D eigenvalue weighted by Crippen LogP contribution is 1.99. The summed E-state index contributed by atoms with van der Waals surface area (Å²) in [4.78, 5) is 8.81. The van der Waals surface area contributed by atoms with Crippen LogP contribution in [-0.4, -0.2) is 6.29 Å². The molecule has 0 atom stereocenters. The van der Waals surface area contributed by atoms with E-state index in [1.54, 1.807) is 6.07 Å². The van der Waals surface area contributed by atoms with Gasteiger partial charge in [0.25, 0.3) is 0 Å². The molecular formula is C14H23FO. The van der Waals surface area contributed by atoms with E-state index < -0.39 is 0 Å². The van der Waals surface area contributed by atoms with Gasteiger partial charge in [0.1, 0.15) is 12.1 Å². The van der Waals surface area contributed by atoms with E-state index in [0.29, 0.717) is 0 Å². The number of benzene rings is 1. The highest BCUT2D eigenvalue weighted by molar-refractivity contribution is 5.44. The molecule has 0 saturated carbocycles. The molecular weight excluding hydrogens is 203 g/mol. The molecule has 0 spiro atoms. The van der Waals surface area contributed by atoms with Crippen molar-refractivity contribution >= 4 is 6.29 Å². The monoisotopic (exact) mass is 226 g/mol. The summed E-state index contributed by atoms with van der Waals surface area (Å²) in [5.41, 5.74) is 0.963. The van der Waals surface area contributed by atoms with Gasteiger partial charge < -0.3 is 4.79 Å². The number of unbranched alkanes of at least 4 members (excludes halogenated alkanes) is 2. The zero-order chi connectivity index (χ0) is 12.8. The van der Waals surface area contributed by atoms with Gasteiger partial charge in [0, 0.05) is 0 Å². The van der Waals surface area contributed by atoms with E-state index in [9.17, 15) is 4.39 Å². The molecule has 1 aromatic rings. The summed E-state index contributed by atoms with van der Waals surface area (Å²) in [5.74, 6) is -0.162. The molecule has 0 bridgehead atoms. The molecule has 16 heavy (non-hydrogen) atoms. The Hall–Kier alpha value is -1.18.